The average molecular weight is 225 g/mol. The van der Waals surface area contributed by atoms with Gasteiger partial charge in [0.25, 0.3) is 0 Å². The Labute approximate surface area is 93.8 Å². The van der Waals surface area contributed by atoms with Crippen LogP contribution in [0.5, 0.6) is 0 Å². The zero-order chi connectivity index (χ0) is 11.1. The van der Waals surface area contributed by atoms with E-state index in [1.54, 1.807) is 0 Å². The molecule has 15 heavy (non-hydrogen) atoms. The highest BCUT2D eigenvalue weighted by atomic mass is 28.3. The third-order valence-corrected chi connectivity index (χ3v) is 7.25. The van der Waals surface area contributed by atoms with Crippen molar-refractivity contribution in [3.63, 3.8) is 0 Å². The van der Waals surface area contributed by atoms with Crippen LogP contribution in [0.3, 0.4) is 0 Å². The van der Waals surface area contributed by atoms with E-state index < -0.39 is 8.07 Å². The Bertz CT molecular complexity index is 271. The first-order valence-corrected chi connectivity index (χ1v) is 9.80. The number of rotatable bonds is 1. The maximum Gasteiger partial charge on any atom is 0.220 e. The summed E-state index contributed by atoms with van der Waals surface area (Å²) in [7, 11) is -1.02. The lowest BCUT2D eigenvalue weighted by Gasteiger charge is -2.42. The zero-order valence-corrected chi connectivity index (χ0v) is 11.2. The van der Waals surface area contributed by atoms with Gasteiger partial charge in [-0.2, -0.15) is 0 Å². The highest BCUT2D eigenvalue weighted by Crippen LogP contribution is 2.45. The molecule has 0 aromatic rings. The second-order valence-electron chi connectivity index (χ2n) is 6.49. The van der Waals surface area contributed by atoms with Gasteiger partial charge in [0.15, 0.2) is 0 Å². The first kappa shape index (κ1) is 11.2. The lowest BCUT2D eigenvalue weighted by Crippen LogP contribution is -2.47. The normalized spacial score (nSPS) is 37.0. The van der Waals surface area contributed by atoms with E-state index in [9.17, 15) is 4.79 Å². The number of nitrogens with one attached hydrogen (secondary N) is 1. The van der Waals surface area contributed by atoms with Crippen molar-refractivity contribution >= 4 is 14.0 Å². The molecular weight excluding hydrogens is 202 g/mol. The van der Waals surface area contributed by atoms with Crippen LogP contribution >= 0.6 is 0 Å². The average Bonchev–Trinajstić information content (AvgIpc) is 2.46. The molecule has 0 radical (unpaired) electrons. The standard InChI is InChI=1S/C12H23NOSi/c1-15(2,3)10-5-4-7-12(9-10)8-6-11(14)13-12/h10H,4-9H2,1-3H3,(H,13,14)/t10-,12-/m1/s1. The van der Waals surface area contributed by atoms with Gasteiger partial charge in [0, 0.05) is 20.0 Å². The van der Waals surface area contributed by atoms with Crippen LogP contribution in [0.25, 0.3) is 0 Å². The first-order valence-electron chi connectivity index (χ1n) is 6.22. The van der Waals surface area contributed by atoms with Crippen LogP contribution in [0.2, 0.25) is 25.2 Å². The van der Waals surface area contributed by atoms with Crippen LogP contribution in [-0.4, -0.2) is 19.5 Å². The largest absolute Gasteiger partial charge is 0.351 e. The van der Waals surface area contributed by atoms with E-state index in [4.69, 9.17) is 0 Å². The van der Waals surface area contributed by atoms with E-state index in [2.05, 4.69) is 25.0 Å². The van der Waals surface area contributed by atoms with Gasteiger partial charge >= 0.3 is 0 Å². The molecule has 2 nitrogen and oxygen atoms in total. The molecule has 1 aliphatic carbocycles. The number of hydrogen-bond donors (Lipinski definition) is 1. The molecular formula is C12H23NOSi. The Morgan fingerprint density at radius 2 is 2.07 bits per heavy atom. The predicted molar refractivity (Wildman–Crippen MR) is 65.7 cm³/mol. The topological polar surface area (TPSA) is 29.1 Å². The van der Waals surface area contributed by atoms with Gasteiger partial charge in [-0.05, 0) is 24.8 Å². The number of carbonyl (C=O) groups is 1. The summed E-state index contributed by atoms with van der Waals surface area (Å²) in [5.41, 5.74) is 1.12. The minimum atomic E-state index is -1.02. The van der Waals surface area contributed by atoms with Crippen LogP contribution in [0, 0.1) is 0 Å². The fourth-order valence-electron chi connectivity index (χ4n) is 3.22. The lowest BCUT2D eigenvalue weighted by atomic mass is 9.80. The van der Waals surface area contributed by atoms with E-state index in [1.807, 2.05) is 0 Å². The molecule has 2 rings (SSSR count). The fraction of sp³-hybridized carbons (Fsp3) is 0.917. The van der Waals surface area contributed by atoms with Crippen molar-refractivity contribution in [2.75, 3.05) is 0 Å². The van der Waals surface area contributed by atoms with Gasteiger partial charge in [-0.25, -0.2) is 0 Å². The van der Waals surface area contributed by atoms with Gasteiger partial charge in [0.1, 0.15) is 0 Å². The molecule has 1 saturated heterocycles. The van der Waals surface area contributed by atoms with Crippen molar-refractivity contribution in [2.24, 2.45) is 0 Å². The summed E-state index contributed by atoms with van der Waals surface area (Å²) in [6.07, 6.45) is 7.04. The Morgan fingerprint density at radius 3 is 2.60 bits per heavy atom. The van der Waals surface area contributed by atoms with Gasteiger partial charge in [-0.15, -0.1) is 0 Å². The third-order valence-electron chi connectivity index (χ3n) is 4.30. The molecule has 1 N–H and O–H groups in total. The third kappa shape index (κ3) is 2.27. The predicted octanol–water partition coefficient (Wildman–Crippen LogP) is 2.92. The van der Waals surface area contributed by atoms with Gasteiger partial charge < -0.3 is 5.32 Å². The van der Waals surface area contributed by atoms with E-state index in [1.165, 1.54) is 25.7 Å². The van der Waals surface area contributed by atoms with Gasteiger partial charge in [0.05, 0.1) is 0 Å². The molecule has 0 aromatic carbocycles. The molecule has 1 heterocycles. The van der Waals surface area contributed by atoms with Crippen LogP contribution in [0.15, 0.2) is 0 Å². The number of carbonyl (C=O) groups excluding carboxylic acids is 1. The smallest absolute Gasteiger partial charge is 0.220 e. The van der Waals surface area contributed by atoms with Crippen molar-refractivity contribution in [2.45, 2.75) is 69.2 Å². The number of amides is 1. The summed E-state index contributed by atoms with van der Waals surface area (Å²) in [5, 5.41) is 3.25. The molecule has 0 aromatic heterocycles. The van der Waals surface area contributed by atoms with E-state index >= 15 is 0 Å². The summed E-state index contributed by atoms with van der Waals surface area (Å²) < 4.78 is 0. The monoisotopic (exact) mass is 225 g/mol. The summed E-state index contributed by atoms with van der Waals surface area (Å²) >= 11 is 0. The van der Waals surface area contributed by atoms with Crippen molar-refractivity contribution in [3.8, 4) is 0 Å². The number of hydrogen-bond acceptors (Lipinski definition) is 1. The van der Waals surface area contributed by atoms with Crippen molar-refractivity contribution in [3.05, 3.63) is 0 Å². The van der Waals surface area contributed by atoms with E-state index in [0.717, 1.165) is 18.4 Å². The van der Waals surface area contributed by atoms with Crippen LogP contribution < -0.4 is 5.32 Å². The molecule has 1 saturated carbocycles. The molecule has 0 unspecified atom stereocenters. The maximum absolute atomic E-state index is 11.4. The molecule has 0 bridgehead atoms. The zero-order valence-electron chi connectivity index (χ0n) is 10.2. The highest BCUT2D eigenvalue weighted by molar-refractivity contribution is 6.77. The molecule has 1 aliphatic heterocycles. The molecule has 2 atom stereocenters. The SMILES string of the molecule is C[Si](C)(C)[C@@H]1CCC[C@@]2(CCC(=O)N2)C1. The molecule has 86 valence electrons. The summed E-state index contributed by atoms with van der Waals surface area (Å²) in [4.78, 5) is 11.4. The lowest BCUT2D eigenvalue weighted by molar-refractivity contribution is -0.120. The Kier molecular flexibility index (Phi) is 2.69. The maximum atomic E-state index is 11.4. The van der Waals surface area contributed by atoms with Crippen LogP contribution in [-0.2, 0) is 4.79 Å². The van der Waals surface area contributed by atoms with E-state index in [-0.39, 0.29) is 11.4 Å². The minimum absolute atomic E-state index is 0.209. The fourth-order valence-corrected chi connectivity index (χ4v) is 5.29. The second-order valence-corrected chi connectivity index (χ2v) is 12.0. The molecule has 3 heteroatoms. The van der Waals surface area contributed by atoms with Crippen molar-refractivity contribution < 1.29 is 4.79 Å². The minimum Gasteiger partial charge on any atom is -0.351 e. The Hall–Kier alpha value is -0.313. The van der Waals surface area contributed by atoms with Crippen LogP contribution in [0.4, 0.5) is 0 Å². The van der Waals surface area contributed by atoms with Crippen molar-refractivity contribution in [1.82, 2.24) is 5.32 Å². The Morgan fingerprint density at radius 1 is 1.33 bits per heavy atom. The van der Waals surface area contributed by atoms with Gasteiger partial charge in [-0.3, -0.25) is 4.79 Å². The molecule has 1 amide bonds. The van der Waals surface area contributed by atoms with E-state index in [0.29, 0.717) is 0 Å². The quantitative estimate of drug-likeness (QED) is 0.683. The summed E-state index contributed by atoms with van der Waals surface area (Å²) in [6, 6.07) is 0. The van der Waals surface area contributed by atoms with Crippen molar-refractivity contribution in [1.29, 1.82) is 0 Å². The first-order chi connectivity index (χ1) is 6.91. The molecule has 1 spiro atoms. The second kappa shape index (κ2) is 3.61. The van der Waals surface area contributed by atoms with Gasteiger partial charge in [-0.1, -0.05) is 32.5 Å². The molecule has 2 fully saturated rings. The Balaban J connectivity index is 2.07. The summed E-state index contributed by atoms with van der Waals surface area (Å²) in [6.45, 7) is 7.40. The van der Waals surface area contributed by atoms with Gasteiger partial charge in [0.2, 0.25) is 5.91 Å². The van der Waals surface area contributed by atoms with Crippen LogP contribution in [0.1, 0.15) is 38.5 Å². The molecule has 2 aliphatic rings. The highest BCUT2D eigenvalue weighted by Gasteiger charge is 2.44. The summed E-state index contributed by atoms with van der Waals surface area (Å²) in [5.74, 6) is 0.284.